The zero-order valence-electron chi connectivity index (χ0n) is 11.8. The van der Waals surface area contributed by atoms with Crippen molar-refractivity contribution in [2.24, 2.45) is 23.2 Å². The predicted molar refractivity (Wildman–Crippen MR) is 74.1 cm³/mol. The Morgan fingerprint density at radius 3 is 2.15 bits per heavy atom. The SMILES string of the molecule is CO/C(=C\C12CC3CC(CC(C3)C1)C2)CP(=O)(O)OO. The Balaban J connectivity index is 1.80. The molecule has 0 aromatic rings. The summed E-state index contributed by atoms with van der Waals surface area (Å²) in [7, 11) is -2.49. The van der Waals surface area contributed by atoms with Crippen LogP contribution in [0.3, 0.4) is 0 Å². The Hall–Kier alpha value is -0.350. The molecule has 0 aromatic heterocycles. The average Bonchev–Trinajstić information content (AvgIpc) is 2.35. The highest BCUT2D eigenvalue weighted by atomic mass is 31.2. The van der Waals surface area contributed by atoms with Crippen molar-refractivity contribution in [2.75, 3.05) is 13.3 Å². The third kappa shape index (κ3) is 2.82. The van der Waals surface area contributed by atoms with Crippen LogP contribution in [0.4, 0.5) is 0 Å². The van der Waals surface area contributed by atoms with Crippen molar-refractivity contribution in [3.63, 3.8) is 0 Å². The Labute approximate surface area is 119 Å². The van der Waals surface area contributed by atoms with E-state index in [1.54, 1.807) is 0 Å². The topological polar surface area (TPSA) is 76.0 Å². The Morgan fingerprint density at radius 2 is 1.75 bits per heavy atom. The molecule has 20 heavy (non-hydrogen) atoms. The highest BCUT2D eigenvalue weighted by Gasteiger charge is 2.50. The molecule has 5 nitrogen and oxygen atoms in total. The second kappa shape index (κ2) is 5.13. The lowest BCUT2D eigenvalue weighted by molar-refractivity contribution is -0.145. The van der Waals surface area contributed by atoms with Crippen molar-refractivity contribution in [1.82, 2.24) is 0 Å². The Morgan fingerprint density at radius 1 is 1.25 bits per heavy atom. The van der Waals surface area contributed by atoms with Crippen LogP contribution in [0.2, 0.25) is 0 Å². The van der Waals surface area contributed by atoms with Gasteiger partial charge in [0.25, 0.3) is 0 Å². The minimum absolute atomic E-state index is 0.134. The lowest BCUT2D eigenvalue weighted by Crippen LogP contribution is -2.45. The van der Waals surface area contributed by atoms with Crippen LogP contribution in [0.5, 0.6) is 0 Å². The molecule has 0 spiro atoms. The van der Waals surface area contributed by atoms with Crippen LogP contribution in [-0.2, 0) is 14.0 Å². The minimum Gasteiger partial charge on any atom is -0.501 e. The summed E-state index contributed by atoms with van der Waals surface area (Å²) < 4.78 is 20.4. The standard InChI is InChI=1S/C14H23O5P/c1-18-13(9-20(16,17)19-15)8-14-5-10-2-11(6-14)4-12(3-10)7-14/h8,10-12,15H,2-7,9H2,1H3,(H,16,17)/b13-8-. The molecule has 0 saturated heterocycles. The molecule has 0 radical (unpaired) electrons. The fourth-order valence-corrected chi connectivity index (χ4v) is 5.76. The second-order valence-electron chi connectivity index (χ2n) is 6.97. The first kappa shape index (κ1) is 14.6. The maximum Gasteiger partial charge on any atom is 0.362 e. The van der Waals surface area contributed by atoms with Gasteiger partial charge in [0, 0.05) is 0 Å². The average molecular weight is 302 g/mol. The summed E-state index contributed by atoms with van der Waals surface area (Å²) >= 11 is 0. The van der Waals surface area contributed by atoms with Gasteiger partial charge in [-0.25, -0.2) is 5.26 Å². The van der Waals surface area contributed by atoms with Gasteiger partial charge in [0.1, 0.15) is 11.9 Å². The van der Waals surface area contributed by atoms with Gasteiger partial charge >= 0.3 is 7.60 Å². The van der Waals surface area contributed by atoms with E-state index in [1.807, 2.05) is 0 Å². The quantitative estimate of drug-likeness (QED) is 0.352. The number of rotatable bonds is 5. The zero-order chi connectivity index (χ0) is 14.4. The van der Waals surface area contributed by atoms with Crippen LogP contribution in [-0.4, -0.2) is 23.4 Å². The highest BCUT2D eigenvalue weighted by Crippen LogP contribution is 2.61. The summed E-state index contributed by atoms with van der Waals surface area (Å²) in [5.74, 6) is 2.90. The lowest BCUT2D eigenvalue weighted by Gasteiger charge is -2.56. The minimum atomic E-state index is -3.99. The van der Waals surface area contributed by atoms with E-state index in [2.05, 4.69) is 10.8 Å². The van der Waals surface area contributed by atoms with Crippen molar-refractivity contribution in [1.29, 1.82) is 0 Å². The lowest BCUT2D eigenvalue weighted by atomic mass is 9.49. The van der Waals surface area contributed by atoms with E-state index in [0.29, 0.717) is 5.76 Å². The predicted octanol–water partition coefficient (Wildman–Crippen LogP) is 3.41. The normalized spacial score (nSPS) is 42.5. The molecule has 4 bridgehead atoms. The largest absolute Gasteiger partial charge is 0.501 e. The van der Waals surface area contributed by atoms with Gasteiger partial charge < -0.3 is 9.63 Å². The van der Waals surface area contributed by atoms with Crippen molar-refractivity contribution >= 4 is 7.60 Å². The van der Waals surface area contributed by atoms with E-state index in [4.69, 9.17) is 9.99 Å². The zero-order valence-corrected chi connectivity index (χ0v) is 12.7. The number of hydrogen-bond donors (Lipinski definition) is 2. The maximum atomic E-state index is 11.5. The van der Waals surface area contributed by atoms with Gasteiger partial charge in [-0.15, -0.1) is 0 Å². The number of allylic oxidation sites excluding steroid dienone is 2. The summed E-state index contributed by atoms with van der Waals surface area (Å²) in [5, 5.41) is 8.47. The van der Waals surface area contributed by atoms with E-state index in [0.717, 1.165) is 17.8 Å². The fraction of sp³-hybridized carbons (Fsp3) is 0.857. The third-order valence-electron chi connectivity index (χ3n) is 5.30. The smallest absolute Gasteiger partial charge is 0.362 e. The van der Waals surface area contributed by atoms with Crippen LogP contribution in [0.15, 0.2) is 11.8 Å². The molecule has 6 heteroatoms. The molecule has 1 unspecified atom stereocenters. The van der Waals surface area contributed by atoms with Crippen LogP contribution < -0.4 is 0 Å². The molecule has 0 amide bonds. The van der Waals surface area contributed by atoms with Gasteiger partial charge in [-0.05, 0) is 67.8 Å². The molecule has 4 aliphatic carbocycles. The molecule has 1 atom stereocenters. The van der Waals surface area contributed by atoms with Gasteiger partial charge in [-0.1, -0.05) is 0 Å². The first-order chi connectivity index (χ1) is 9.43. The van der Waals surface area contributed by atoms with Crippen LogP contribution in [0, 0.1) is 23.2 Å². The van der Waals surface area contributed by atoms with Crippen LogP contribution in [0.1, 0.15) is 38.5 Å². The van der Waals surface area contributed by atoms with Gasteiger partial charge in [0.05, 0.1) is 7.11 Å². The van der Waals surface area contributed by atoms with Gasteiger partial charge in [-0.2, -0.15) is 4.67 Å². The van der Waals surface area contributed by atoms with E-state index in [-0.39, 0.29) is 11.6 Å². The summed E-state index contributed by atoms with van der Waals surface area (Å²) in [4.78, 5) is 9.40. The molecule has 4 rings (SSSR count). The van der Waals surface area contributed by atoms with Crippen molar-refractivity contribution in [3.05, 3.63) is 11.8 Å². The molecule has 0 aromatic carbocycles. The van der Waals surface area contributed by atoms with Crippen molar-refractivity contribution in [2.45, 2.75) is 38.5 Å². The van der Waals surface area contributed by atoms with E-state index < -0.39 is 7.60 Å². The molecule has 4 fully saturated rings. The summed E-state index contributed by atoms with van der Waals surface area (Å²) in [6, 6.07) is 0. The molecule has 4 aliphatic rings. The third-order valence-corrected chi connectivity index (χ3v) is 6.26. The maximum absolute atomic E-state index is 11.5. The molecule has 4 saturated carbocycles. The number of ether oxygens (including phenoxy) is 1. The van der Waals surface area contributed by atoms with Crippen LogP contribution in [0.25, 0.3) is 0 Å². The highest BCUT2D eigenvalue weighted by molar-refractivity contribution is 7.52. The van der Waals surface area contributed by atoms with Crippen molar-refractivity contribution in [3.8, 4) is 0 Å². The van der Waals surface area contributed by atoms with Gasteiger partial charge in [-0.3, -0.25) is 4.57 Å². The van der Waals surface area contributed by atoms with Crippen molar-refractivity contribution < 1.29 is 24.1 Å². The first-order valence-electron chi connectivity index (χ1n) is 7.34. The van der Waals surface area contributed by atoms with E-state index in [1.165, 1.54) is 45.6 Å². The van der Waals surface area contributed by atoms with E-state index in [9.17, 15) is 9.46 Å². The monoisotopic (exact) mass is 302 g/mol. The van der Waals surface area contributed by atoms with Gasteiger partial charge in [0.15, 0.2) is 0 Å². The molecule has 0 aliphatic heterocycles. The molecular weight excluding hydrogens is 279 g/mol. The first-order valence-corrected chi connectivity index (χ1v) is 9.10. The molecule has 0 heterocycles. The number of methoxy groups -OCH3 is 1. The van der Waals surface area contributed by atoms with E-state index >= 15 is 0 Å². The summed E-state index contributed by atoms with van der Waals surface area (Å²) in [5.41, 5.74) is 0.134. The fourth-order valence-electron chi connectivity index (χ4n) is 5.09. The van der Waals surface area contributed by atoms with Gasteiger partial charge in [0.2, 0.25) is 0 Å². The summed E-state index contributed by atoms with van der Waals surface area (Å²) in [6.45, 7) is 0. The molecule has 2 N–H and O–H groups in total. The molecular formula is C14H23O5P. The second-order valence-corrected chi connectivity index (χ2v) is 8.73. The Kier molecular flexibility index (Phi) is 3.74. The Bertz CT molecular complexity index is 423. The number of hydrogen-bond acceptors (Lipinski definition) is 4. The van der Waals surface area contributed by atoms with Crippen LogP contribution >= 0.6 is 7.60 Å². The summed E-state index contributed by atoms with van der Waals surface area (Å²) in [6.07, 6.45) is 9.36. The molecule has 114 valence electrons.